The quantitative estimate of drug-likeness (QED) is 0.482. The third kappa shape index (κ3) is 1.79. The van der Waals surface area contributed by atoms with Gasteiger partial charge in [-0.2, -0.15) is 0 Å². The Bertz CT molecular complexity index is 587. The van der Waals surface area contributed by atoms with Gasteiger partial charge in [-0.25, -0.2) is 0 Å². The van der Waals surface area contributed by atoms with Crippen molar-refractivity contribution in [2.75, 3.05) is 0 Å². The molecule has 0 heterocycles. The largest absolute Gasteiger partial charge is 0.426 e. The van der Waals surface area contributed by atoms with Crippen LogP contribution in [0.1, 0.15) is 49.4 Å². The molecular weight excluding hydrogens is 264 g/mol. The number of hydrogen-bond acceptors (Lipinski definition) is 3. The highest BCUT2D eigenvalue weighted by Gasteiger charge is 2.67. The Kier molecular flexibility index (Phi) is 2.75. The van der Waals surface area contributed by atoms with Gasteiger partial charge in [0, 0.05) is 12.0 Å². The number of carbonyl (C=O) groups is 2. The van der Waals surface area contributed by atoms with Gasteiger partial charge in [-0.1, -0.05) is 6.92 Å². The first kappa shape index (κ1) is 13.1. The third-order valence-corrected chi connectivity index (χ3v) is 5.99. The molecule has 0 saturated heterocycles. The molecule has 2 unspecified atom stereocenters. The molecule has 0 aliphatic heterocycles. The highest BCUT2D eigenvalue weighted by molar-refractivity contribution is 5.96. The Morgan fingerprint density at radius 1 is 1.14 bits per heavy atom. The summed E-state index contributed by atoms with van der Waals surface area (Å²) in [6, 6.07) is 6.97. The van der Waals surface area contributed by atoms with Crippen molar-refractivity contribution >= 4 is 11.8 Å². The zero-order chi connectivity index (χ0) is 14.6. The molecule has 0 amide bonds. The van der Waals surface area contributed by atoms with E-state index in [0.29, 0.717) is 23.7 Å². The molecule has 0 spiro atoms. The first-order valence-corrected chi connectivity index (χ1v) is 7.98. The minimum atomic E-state index is -0.187. The van der Waals surface area contributed by atoms with E-state index in [1.807, 2.05) is 6.92 Å². The fraction of sp³-hybridized carbons (Fsp3) is 0.556. The fourth-order valence-electron chi connectivity index (χ4n) is 4.97. The van der Waals surface area contributed by atoms with Crippen molar-refractivity contribution in [1.29, 1.82) is 0 Å². The van der Waals surface area contributed by atoms with Crippen LogP contribution in [0.25, 0.3) is 0 Å². The van der Waals surface area contributed by atoms with Crippen molar-refractivity contribution in [2.24, 2.45) is 23.2 Å². The van der Waals surface area contributed by atoms with Gasteiger partial charge in [0.15, 0.2) is 5.78 Å². The third-order valence-electron chi connectivity index (χ3n) is 5.99. The number of benzene rings is 1. The summed E-state index contributed by atoms with van der Waals surface area (Å²) in [6.45, 7) is 1.85. The molecule has 4 aliphatic carbocycles. The summed E-state index contributed by atoms with van der Waals surface area (Å²) >= 11 is 0. The topological polar surface area (TPSA) is 43.4 Å². The van der Waals surface area contributed by atoms with Crippen LogP contribution in [0.15, 0.2) is 24.3 Å². The first-order valence-electron chi connectivity index (χ1n) is 7.98. The van der Waals surface area contributed by atoms with Crippen molar-refractivity contribution in [1.82, 2.24) is 0 Å². The molecule has 0 aromatic heterocycles. The number of rotatable bonds is 4. The van der Waals surface area contributed by atoms with E-state index < -0.39 is 0 Å². The number of esters is 1. The monoisotopic (exact) mass is 284 g/mol. The van der Waals surface area contributed by atoms with Crippen LogP contribution in [-0.4, -0.2) is 11.8 Å². The van der Waals surface area contributed by atoms with Gasteiger partial charge >= 0.3 is 5.97 Å². The molecule has 4 saturated carbocycles. The molecule has 1 aromatic rings. The number of carbonyl (C=O) groups excluding carboxylic acids is 2. The van der Waals surface area contributed by atoms with Crippen LogP contribution in [0.4, 0.5) is 0 Å². The van der Waals surface area contributed by atoms with Gasteiger partial charge in [-0.05, 0) is 67.7 Å². The molecule has 1 aromatic carbocycles. The highest BCUT2D eigenvalue weighted by atomic mass is 16.5. The van der Waals surface area contributed by atoms with Gasteiger partial charge in [0.1, 0.15) is 5.75 Å². The molecule has 4 fully saturated rings. The molecule has 0 N–H and O–H groups in total. The standard InChI is InChI=1S/C18H20O3/c1-2-16(19)11-3-5-15(6-4-11)21-17(20)18-9-12-7-14(18)8-13(12)10-18/h3-6,12-14H,2,7-10H2,1H3. The zero-order valence-electron chi connectivity index (χ0n) is 12.3. The minimum Gasteiger partial charge on any atom is -0.426 e. The van der Waals surface area contributed by atoms with Gasteiger partial charge in [0.2, 0.25) is 0 Å². The average molecular weight is 284 g/mol. The zero-order valence-corrected chi connectivity index (χ0v) is 12.3. The lowest BCUT2D eigenvalue weighted by molar-refractivity contribution is -0.146. The normalized spacial score (nSPS) is 35.4. The molecule has 21 heavy (non-hydrogen) atoms. The second kappa shape index (κ2) is 4.43. The Labute approximate surface area is 124 Å². The predicted molar refractivity (Wildman–Crippen MR) is 78.1 cm³/mol. The van der Waals surface area contributed by atoms with E-state index in [-0.39, 0.29) is 17.2 Å². The summed E-state index contributed by atoms with van der Waals surface area (Å²) in [4.78, 5) is 24.2. The number of ether oxygens (including phenoxy) is 1. The lowest BCUT2D eigenvalue weighted by Crippen LogP contribution is -2.34. The van der Waals surface area contributed by atoms with Crippen LogP contribution in [0.2, 0.25) is 0 Å². The number of ketones is 1. The fourth-order valence-corrected chi connectivity index (χ4v) is 4.97. The van der Waals surface area contributed by atoms with E-state index >= 15 is 0 Å². The maximum atomic E-state index is 12.6. The summed E-state index contributed by atoms with van der Waals surface area (Å²) in [5.41, 5.74) is 0.493. The van der Waals surface area contributed by atoms with Crippen LogP contribution in [0, 0.1) is 23.2 Å². The van der Waals surface area contributed by atoms with E-state index in [1.165, 1.54) is 12.8 Å². The van der Waals surface area contributed by atoms with Crippen LogP contribution in [0.5, 0.6) is 5.75 Å². The predicted octanol–water partition coefficient (Wildman–Crippen LogP) is 3.62. The average Bonchev–Trinajstić information content (AvgIpc) is 3.21. The van der Waals surface area contributed by atoms with Crippen molar-refractivity contribution in [3.63, 3.8) is 0 Å². The second-order valence-electron chi connectivity index (χ2n) is 6.94. The molecular formula is C18H20O3. The van der Waals surface area contributed by atoms with Gasteiger partial charge in [0.25, 0.3) is 0 Å². The maximum absolute atomic E-state index is 12.6. The van der Waals surface area contributed by atoms with E-state index in [2.05, 4.69) is 0 Å². The Morgan fingerprint density at radius 3 is 2.24 bits per heavy atom. The molecule has 3 nitrogen and oxygen atoms in total. The van der Waals surface area contributed by atoms with Gasteiger partial charge in [0.05, 0.1) is 5.41 Å². The first-order chi connectivity index (χ1) is 10.1. The lowest BCUT2D eigenvalue weighted by atomic mass is 9.81. The lowest BCUT2D eigenvalue weighted by Gasteiger charge is -2.26. The highest BCUT2D eigenvalue weighted by Crippen LogP contribution is 2.70. The summed E-state index contributed by atoms with van der Waals surface area (Å²) in [7, 11) is 0. The number of Topliss-reactive ketones (excluding diaryl/α,β-unsaturated/α-hetero) is 1. The second-order valence-corrected chi connectivity index (χ2v) is 6.94. The van der Waals surface area contributed by atoms with Crippen LogP contribution >= 0.6 is 0 Å². The molecule has 0 radical (unpaired) electrons. The number of hydrogen-bond donors (Lipinski definition) is 0. The summed E-state index contributed by atoms with van der Waals surface area (Å²) in [6.07, 6.45) is 5.02. The van der Waals surface area contributed by atoms with Gasteiger partial charge < -0.3 is 4.74 Å². The summed E-state index contributed by atoms with van der Waals surface area (Å²) < 4.78 is 5.63. The van der Waals surface area contributed by atoms with Gasteiger partial charge in [-0.3, -0.25) is 9.59 Å². The molecule has 4 bridgehead atoms. The van der Waals surface area contributed by atoms with E-state index in [1.54, 1.807) is 24.3 Å². The van der Waals surface area contributed by atoms with Crippen molar-refractivity contribution in [2.45, 2.75) is 39.0 Å². The minimum absolute atomic E-state index is 0.0374. The smallest absolute Gasteiger partial charge is 0.317 e. The van der Waals surface area contributed by atoms with Crippen LogP contribution in [0.3, 0.4) is 0 Å². The SMILES string of the molecule is CCC(=O)c1ccc(OC(=O)C23CC4CC2CC4C3)cc1. The molecule has 110 valence electrons. The van der Waals surface area contributed by atoms with Crippen LogP contribution < -0.4 is 4.74 Å². The molecule has 5 rings (SSSR count). The maximum Gasteiger partial charge on any atom is 0.317 e. The molecule has 3 heteroatoms. The van der Waals surface area contributed by atoms with Crippen molar-refractivity contribution in [3.8, 4) is 5.75 Å². The van der Waals surface area contributed by atoms with Crippen molar-refractivity contribution in [3.05, 3.63) is 29.8 Å². The van der Waals surface area contributed by atoms with E-state index in [0.717, 1.165) is 24.7 Å². The molecule has 4 aliphatic rings. The Hall–Kier alpha value is -1.64. The van der Waals surface area contributed by atoms with Crippen LogP contribution in [-0.2, 0) is 4.79 Å². The van der Waals surface area contributed by atoms with E-state index in [4.69, 9.17) is 4.74 Å². The van der Waals surface area contributed by atoms with Gasteiger partial charge in [-0.15, -0.1) is 0 Å². The summed E-state index contributed by atoms with van der Waals surface area (Å²) in [5.74, 6) is 2.74. The Morgan fingerprint density at radius 2 is 1.76 bits per heavy atom. The summed E-state index contributed by atoms with van der Waals surface area (Å²) in [5, 5.41) is 0. The Balaban J connectivity index is 1.49. The van der Waals surface area contributed by atoms with Crippen molar-refractivity contribution < 1.29 is 14.3 Å². The molecule has 2 atom stereocenters. The van der Waals surface area contributed by atoms with E-state index in [9.17, 15) is 9.59 Å².